The molecule has 0 spiro atoms. The van der Waals surface area contributed by atoms with Crippen LogP contribution in [0, 0.1) is 0 Å². The Morgan fingerprint density at radius 3 is 2.62 bits per heavy atom. The Bertz CT molecular complexity index is 865. The van der Waals surface area contributed by atoms with Gasteiger partial charge in [-0.15, -0.1) is 0 Å². The van der Waals surface area contributed by atoms with E-state index in [2.05, 4.69) is 12.2 Å². The Morgan fingerprint density at radius 2 is 1.96 bits per heavy atom. The third kappa shape index (κ3) is 3.71. The Balaban J connectivity index is 2.17. The van der Waals surface area contributed by atoms with Crippen LogP contribution >= 0.6 is 0 Å². The highest BCUT2D eigenvalue weighted by Crippen LogP contribution is 2.39. The van der Waals surface area contributed by atoms with Crippen molar-refractivity contribution in [2.45, 2.75) is 43.2 Å². The monoisotopic (exact) mass is 375 g/mol. The second-order valence-corrected chi connectivity index (χ2v) is 8.70. The fourth-order valence-corrected chi connectivity index (χ4v) is 5.29. The van der Waals surface area contributed by atoms with Crippen molar-refractivity contribution < 1.29 is 18.3 Å². The fraction of sp³-hybridized carbons (Fsp3) is 0.400. The summed E-state index contributed by atoms with van der Waals surface area (Å²) in [6.45, 7) is 2.09. The summed E-state index contributed by atoms with van der Waals surface area (Å²) in [5.74, 6) is 0.136. The molecule has 1 aliphatic heterocycles. The van der Waals surface area contributed by atoms with Crippen LogP contribution in [0.3, 0.4) is 0 Å². The maximum atomic E-state index is 13.0. The molecule has 0 radical (unpaired) electrons. The first-order valence-corrected chi connectivity index (χ1v) is 10.6. The molecule has 0 aliphatic carbocycles. The smallest absolute Gasteiger partial charge is 0.180 e. The first kappa shape index (κ1) is 18.7. The maximum Gasteiger partial charge on any atom is 0.180 e. The molecule has 2 N–H and O–H groups in total. The zero-order chi connectivity index (χ0) is 18.7. The van der Waals surface area contributed by atoms with Crippen molar-refractivity contribution in [1.29, 1.82) is 0 Å². The molecule has 2 aromatic carbocycles. The lowest BCUT2D eigenvalue weighted by molar-refractivity contribution is 0.370. The summed E-state index contributed by atoms with van der Waals surface area (Å²) in [5, 5.41) is 13.7. The summed E-state index contributed by atoms with van der Waals surface area (Å²) >= 11 is 0. The lowest BCUT2D eigenvalue weighted by Gasteiger charge is -2.24. The molecule has 2 aromatic rings. The van der Waals surface area contributed by atoms with E-state index in [9.17, 15) is 13.5 Å². The summed E-state index contributed by atoms with van der Waals surface area (Å²) in [4.78, 5) is 0.177. The van der Waals surface area contributed by atoms with Crippen LogP contribution in [0.1, 0.15) is 43.4 Å². The van der Waals surface area contributed by atoms with Gasteiger partial charge in [0.1, 0.15) is 0 Å². The number of rotatable bonds is 5. The van der Waals surface area contributed by atoms with Crippen molar-refractivity contribution in [3.63, 3.8) is 0 Å². The third-order valence-electron chi connectivity index (χ3n) is 4.82. The van der Waals surface area contributed by atoms with E-state index in [-0.39, 0.29) is 34.2 Å². The minimum atomic E-state index is -3.52. The number of hydrogen-bond acceptors (Lipinski definition) is 5. The second kappa shape index (κ2) is 7.68. The van der Waals surface area contributed by atoms with Gasteiger partial charge in [-0.3, -0.25) is 0 Å². The molecule has 0 bridgehead atoms. The first-order valence-electron chi connectivity index (χ1n) is 8.91. The van der Waals surface area contributed by atoms with E-state index in [1.807, 2.05) is 30.3 Å². The molecule has 0 fully saturated rings. The Morgan fingerprint density at radius 1 is 1.23 bits per heavy atom. The molecule has 0 saturated carbocycles. The molecule has 1 aliphatic rings. The molecule has 140 valence electrons. The topological polar surface area (TPSA) is 75.6 Å². The summed E-state index contributed by atoms with van der Waals surface area (Å²) < 4.78 is 31.2. The standard InChI is InChI=1S/C20H25NO4S/c1-3-4-10-15-13-26(23,24)19-12-17(22)18(25-2)11-16(19)20(21-15)14-8-6-5-7-9-14/h5-9,11-12,15,20-22H,3-4,10,13H2,1-2H3/t15-,20-/m1/s1. The molecule has 2 atom stereocenters. The summed E-state index contributed by atoms with van der Waals surface area (Å²) in [6.07, 6.45) is 2.76. The molecular formula is C20H25NO4S. The molecule has 0 aromatic heterocycles. The highest BCUT2D eigenvalue weighted by molar-refractivity contribution is 7.91. The van der Waals surface area contributed by atoms with Crippen LogP contribution in [0.2, 0.25) is 0 Å². The summed E-state index contributed by atoms with van der Waals surface area (Å²) in [5.41, 5.74) is 1.60. The summed E-state index contributed by atoms with van der Waals surface area (Å²) in [6, 6.07) is 12.3. The minimum Gasteiger partial charge on any atom is -0.504 e. The van der Waals surface area contributed by atoms with E-state index in [0.717, 1.165) is 24.8 Å². The zero-order valence-electron chi connectivity index (χ0n) is 15.1. The molecule has 1 heterocycles. The van der Waals surface area contributed by atoms with E-state index in [1.165, 1.54) is 13.2 Å². The van der Waals surface area contributed by atoms with Crippen molar-refractivity contribution in [3.8, 4) is 11.5 Å². The van der Waals surface area contributed by atoms with Gasteiger partial charge >= 0.3 is 0 Å². The Labute approximate surface area is 154 Å². The number of sulfone groups is 1. The number of hydrogen-bond donors (Lipinski definition) is 2. The van der Waals surface area contributed by atoms with E-state index in [1.54, 1.807) is 6.07 Å². The number of phenolic OH excluding ortho intramolecular Hbond substituents is 1. The minimum absolute atomic E-state index is 0.0229. The molecule has 5 nitrogen and oxygen atoms in total. The van der Waals surface area contributed by atoms with E-state index >= 15 is 0 Å². The molecule has 0 saturated heterocycles. The van der Waals surface area contributed by atoms with Crippen LogP contribution in [0.15, 0.2) is 47.4 Å². The normalized spacial score (nSPS) is 21.6. The lowest BCUT2D eigenvalue weighted by atomic mass is 9.96. The van der Waals surface area contributed by atoms with Gasteiger partial charge in [0, 0.05) is 12.1 Å². The molecule has 6 heteroatoms. The van der Waals surface area contributed by atoms with E-state index in [4.69, 9.17) is 4.74 Å². The third-order valence-corrected chi connectivity index (χ3v) is 6.68. The fourth-order valence-electron chi connectivity index (χ4n) is 3.49. The first-order chi connectivity index (χ1) is 12.5. The molecule has 0 unspecified atom stereocenters. The van der Waals surface area contributed by atoms with Gasteiger partial charge in [-0.25, -0.2) is 8.42 Å². The Hall–Kier alpha value is -2.05. The largest absolute Gasteiger partial charge is 0.504 e. The van der Waals surface area contributed by atoms with Crippen LogP contribution in [0.4, 0.5) is 0 Å². The zero-order valence-corrected chi connectivity index (χ0v) is 15.9. The number of nitrogens with one attached hydrogen (secondary N) is 1. The number of unbranched alkanes of at least 4 members (excludes halogenated alkanes) is 1. The van der Waals surface area contributed by atoms with E-state index < -0.39 is 9.84 Å². The predicted octanol–water partition coefficient (Wildman–Crippen LogP) is 3.43. The van der Waals surface area contributed by atoms with E-state index in [0.29, 0.717) is 5.56 Å². The number of aromatic hydroxyl groups is 1. The number of methoxy groups -OCH3 is 1. The van der Waals surface area contributed by atoms with Gasteiger partial charge in [-0.1, -0.05) is 50.1 Å². The van der Waals surface area contributed by atoms with Gasteiger partial charge < -0.3 is 15.2 Å². The van der Waals surface area contributed by atoms with Gasteiger partial charge in [-0.05, 0) is 23.6 Å². The SMILES string of the molecule is CCCC[C@@H]1CS(=O)(=O)c2cc(O)c(OC)cc2[C@@H](c2ccccc2)N1. The highest BCUT2D eigenvalue weighted by Gasteiger charge is 2.34. The number of phenols is 1. The number of ether oxygens (including phenoxy) is 1. The summed E-state index contributed by atoms with van der Waals surface area (Å²) in [7, 11) is -2.06. The number of benzene rings is 2. The lowest BCUT2D eigenvalue weighted by Crippen LogP contribution is -2.35. The van der Waals surface area contributed by atoms with Gasteiger partial charge in [0.15, 0.2) is 21.3 Å². The van der Waals surface area contributed by atoms with Gasteiger partial charge in [-0.2, -0.15) is 0 Å². The van der Waals surface area contributed by atoms with Crippen molar-refractivity contribution >= 4 is 9.84 Å². The van der Waals surface area contributed by atoms with Crippen molar-refractivity contribution in [3.05, 3.63) is 53.6 Å². The van der Waals surface area contributed by atoms with Crippen molar-refractivity contribution in [2.24, 2.45) is 0 Å². The predicted molar refractivity (Wildman–Crippen MR) is 101 cm³/mol. The number of fused-ring (bicyclic) bond motifs is 1. The quantitative estimate of drug-likeness (QED) is 0.837. The highest BCUT2D eigenvalue weighted by atomic mass is 32.2. The Kier molecular flexibility index (Phi) is 5.53. The molecule has 0 amide bonds. The molecule has 3 rings (SSSR count). The molecular weight excluding hydrogens is 350 g/mol. The van der Waals surface area contributed by atoms with Gasteiger partial charge in [0.25, 0.3) is 0 Å². The van der Waals surface area contributed by atoms with Gasteiger partial charge in [0.2, 0.25) is 0 Å². The average molecular weight is 375 g/mol. The van der Waals surface area contributed by atoms with Gasteiger partial charge in [0.05, 0.1) is 23.8 Å². The average Bonchev–Trinajstić information content (AvgIpc) is 2.74. The van der Waals surface area contributed by atoms with Crippen molar-refractivity contribution in [2.75, 3.05) is 12.9 Å². The van der Waals surface area contributed by atoms with Crippen LogP contribution in [0.25, 0.3) is 0 Å². The van der Waals surface area contributed by atoms with Crippen LogP contribution in [-0.4, -0.2) is 32.4 Å². The molecule has 26 heavy (non-hydrogen) atoms. The van der Waals surface area contributed by atoms with Crippen LogP contribution in [-0.2, 0) is 9.84 Å². The van der Waals surface area contributed by atoms with Crippen molar-refractivity contribution in [1.82, 2.24) is 5.32 Å². The van der Waals surface area contributed by atoms with Crippen LogP contribution in [0.5, 0.6) is 11.5 Å². The second-order valence-electron chi connectivity index (χ2n) is 6.69. The maximum absolute atomic E-state index is 13.0. The van der Waals surface area contributed by atoms with Crippen LogP contribution < -0.4 is 10.1 Å².